The van der Waals surface area contributed by atoms with Crippen LogP contribution in [0.25, 0.3) is 0 Å². The lowest BCUT2D eigenvalue weighted by atomic mass is 9.99. The molecule has 0 aliphatic carbocycles. The number of hydrogen-bond donors (Lipinski definition) is 0. The van der Waals surface area contributed by atoms with Crippen molar-refractivity contribution in [3.05, 3.63) is 74.3 Å². The molecular weight excluding hydrogens is 358 g/mol. The van der Waals surface area contributed by atoms with Crippen molar-refractivity contribution in [3.63, 3.8) is 0 Å². The fourth-order valence-corrected chi connectivity index (χ4v) is 2.49. The lowest BCUT2D eigenvalue weighted by molar-refractivity contribution is -0.394. The first-order valence-corrected chi connectivity index (χ1v) is 8.77. The summed E-state index contributed by atoms with van der Waals surface area (Å²) in [6.07, 6.45) is 1.92. The van der Waals surface area contributed by atoms with E-state index >= 15 is 0 Å². The summed E-state index contributed by atoms with van der Waals surface area (Å²) in [6.45, 7) is 3.91. The average Bonchev–Trinajstić information content (AvgIpc) is 2.62. The van der Waals surface area contributed by atoms with Gasteiger partial charge in [0.05, 0.1) is 20.7 Å². The zero-order chi connectivity index (χ0) is 19.3. The summed E-state index contributed by atoms with van der Waals surface area (Å²) >= 11 is 1.55. The minimum atomic E-state index is -0.736. The van der Waals surface area contributed by atoms with E-state index in [1.165, 1.54) is 6.07 Å². The molecular formula is C17H17N3O5S. The standard InChI is InChI=1S/C17H17N3O5S/c1-17(2,26-3)16(12-7-5-4-6-8-12)18-25-15-10-9-13(19(21)22)11-14(15)20(23)24/h4-11H,1-3H3. The monoisotopic (exact) mass is 375 g/mol. The van der Waals surface area contributed by atoms with Crippen LogP contribution in [0.15, 0.2) is 53.7 Å². The van der Waals surface area contributed by atoms with E-state index in [1.54, 1.807) is 11.8 Å². The van der Waals surface area contributed by atoms with Crippen molar-refractivity contribution in [1.82, 2.24) is 0 Å². The Morgan fingerprint density at radius 3 is 2.27 bits per heavy atom. The van der Waals surface area contributed by atoms with Crippen LogP contribution in [0.4, 0.5) is 11.4 Å². The molecule has 8 nitrogen and oxygen atoms in total. The third kappa shape index (κ3) is 4.37. The number of hydrogen-bond acceptors (Lipinski definition) is 7. The van der Waals surface area contributed by atoms with Crippen LogP contribution in [0.5, 0.6) is 5.75 Å². The van der Waals surface area contributed by atoms with Crippen LogP contribution in [0, 0.1) is 20.2 Å². The van der Waals surface area contributed by atoms with Gasteiger partial charge < -0.3 is 4.84 Å². The molecule has 0 saturated carbocycles. The summed E-state index contributed by atoms with van der Waals surface area (Å²) < 4.78 is -0.420. The molecule has 0 aromatic heterocycles. The maximum Gasteiger partial charge on any atom is 0.321 e. The van der Waals surface area contributed by atoms with Gasteiger partial charge >= 0.3 is 5.69 Å². The van der Waals surface area contributed by atoms with E-state index in [4.69, 9.17) is 4.84 Å². The Morgan fingerprint density at radius 1 is 1.08 bits per heavy atom. The Hall–Kier alpha value is -2.94. The predicted molar refractivity (Wildman–Crippen MR) is 101 cm³/mol. The summed E-state index contributed by atoms with van der Waals surface area (Å²) in [5.41, 5.74) is 0.507. The van der Waals surface area contributed by atoms with E-state index in [9.17, 15) is 20.2 Å². The Bertz CT molecular complexity index is 853. The Morgan fingerprint density at radius 2 is 1.73 bits per heavy atom. The molecule has 26 heavy (non-hydrogen) atoms. The molecule has 2 rings (SSSR count). The highest BCUT2D eigenvalue weighted by atomic mass is 32.2. The molecule has 0 spiro atoms. The molecule has 9 heteroatoms. The molecule has 0 saturated heterocycles. The quantitative estimate of drug-likeness (QED) is 0.402. The number of benzene rings is 2. The molecule has 0 unspecified atom stereocenters. The lowest BCUT2D eigenvalue weighted by Crippen LogP contribution is -2.29. The predicted octanol–water partition coefficient (Wildman–Crippen LogP) is 4.43. The van der Waals surface area contributed by atoms with Gasteiger partial charge in [-0.25, -0.2) is 0 Å². The Kier molecular flexibility index (Phi) is 5.93. The summed E-state index contributed by atoms with van der Waals surface area (Å²) in [6, 6.07) is 12.5. The Labute approximate surface area is 154 Å². The molecule has 0 aliphatic heterocycles. The molecule has 2 aromatic rings. The van der Waals surface area contributed by atoms with Crippen molar-refractivity contribution < 1.29 is 14.7 Å². The van der Waals surface area contributed by atoms with Gasteiger partial charge in [0.2, 0.25) is 5.75 Å². The van der Waals surface area contributed by atoms with Crippen LogP contribution in [-0.4, -0.2) is 26.6 Å². The maximum atomic E-state index is 11.2. The van der Waals surface area contributed by atoms with E-state index in [0.717, 1.165) is 17.7 Å². The van der Waals surface area contributed by atoms with Crippen LogP contribution in [0.1, 0.15) is 19.4 Å². The Balaban J connectivity index is 2.47. The van der Waals surface area contributed by atoms with Crippen LogP contribution < -0.4 is 4.84 Å². The third-order valence-electron chi connectivity index (χ3n) is 3.71. The highest BCUT2D eigenvalue weighted by molar-refractivity contribution is 8.00. The van der Waals surface area contributed by atoms with Gasteiger partial charge in [-0.1, -0.05) is 35.5 Å². The summed E-state index contributed by atoms with van der Waals surface area (Å²) in [4.78, 5) is 25.9. The van der Waals surface area contributed by atoms with Gasteiger partial charge in [0, 0.05) is 11.6 Å². The molecule has 0 N–H and O–H groups in total. The lowest BCUT2D eigenvalue weighted by Gasteiger charge is -2.24. The normalized spacial score (nSPS) is 11.9. The highest BCUT2D eigenvalue weighted by Gasteiger charge is 2.27. The molecule has 136 valence electrons. The summed E-state index contributed by atoms with van der Waals surface area (Å²) in [5.74, 6) is -0.161. The van der Waals surface area contributed by atoms with Crippen LogP contribution in [-0.2, 0) is 0 Å². The van der Waals surface area contributed by atoms with Gasteiger partial charge in [0.1, 0.15) is 5.71 Å². The minimum Gasteiger partial charge on any atom is -0.349 e. The number of non-ortho nitro benzene ring substituents is 1. The summed E-state index contributed by atoms with van der Waals surface area (Å²) in [7, 11) is 0. The van der Waals surface area contributed by atoms with E-state index in [0.29, 0.717) is 5.71 Å². The SMILES string of the molecule is CSC(C)(C)C(=NOc1ccc([N+](=O)[O-])cc1[N+](=O)[O-])c1ccccc1. The van der Waals surface area contributed by atoms with Crippen molar-refractivity contribution >= 4 is 28.8 Å². The second-order valence-electron chi connectivity index (χ2n) is 5.78. The van der Waals surface area contributed by atoms with Crippen molar-refractivity contribution in [2.24, 2.45) is 5.16 Å². The third-order valence-corrected chi connectivity index (χ3v) is 4.93. The first-order chi connectivity index (χ1) is 12.3. The zero-order valence-electron chi connectivity index (χ0n) is 14.4. The fourth-order valence-electron chi connectivity index (χ4n) is 2.14. The van der Waals surface area contributed by atoms with Crippen LogP contribution in [0.3, 0.4) is 0 Å². The van der Waals surface area contributed by atoms with E-state index in [1.807, 2.05) is 50.4 Å². The van der Waals surface area contributed by atoms with Gasteiger partial charge in [-0.15, -0.1) is 0 Å². The largest absolute Gasteiger partial charge is 0.349 e. The number of nitro groups is 2. The molecule has 0 atom stereocenters. The minimum absolute atomic E-state index is 0.161. The number of thioether (sulfide) groups is 1. The zero-order valence-corrected chi connectivity index (χ0v) is 15.2. The molecule has 0 aliphatic rings. The van der Waals surface area contributed by atoms with Gasteiger partial charge in [-0.2, -0.15) is 11.8 Å². The maximum absolute atomic E-state index is 11.2. The van der Waals surface area contributed by atoms with Crippen LogP contribution in [0.2, 0.25) is 0 Å². The molecule has 0 heterocycles. The van der Waals surface area contributed by atoms with E-state index in [2.05, 4.69) is 5.16 Å². The van der Waals surface area contributed by atoms with Gasteiger partial charge in [0.15, 0.2) is 0 Å². The van der Waals surface area contributed by atoms with E-state index in [-0.39, 0.29) is 11.4 Å². The second-order valence-corrected chi connectivity index (χ2v) is 7.21. The number of oxime groups is 1. The van der Waals surface area contributed by atoms with Crippen LogP contribution >= 0.6 is 11.8 Å². The molecule has 0 bridgehead atoms. The number of nitrogens with zero attached hydrogens (tertiary/aromatic N) is 3. The van der Waals surface area contributed by atoms with E-state index < -0.39 is 20.3 Å². The first kappa shape index (κ1) is 19.4. The molecule has 0 fully saturated rings. The van der Waals surface area contributed by atoms with Gasteiger partial charge in [-0.3, -0.25) is 20.2 Å². The van der Waals surface area contributed by atoms with Gasteiger partial charge in [0.25, 0.3) is 5.69 Å². The number of rotatable bonds is 7. The number of nitro benzene ring substituents is 2. The first-order valence-electron chi connectivity index (χ1n) is 7.55. The van der Waals surface area contributed by atoms with Crippen molar-refractivity contribution in [2.45, 2.75) is 18.6 Å². The molecule has 0 radical (unpaired) electrons. The topological polar surface area (TPSA) is 108 Å². The van der Waals surface area contributed by atoms with Gasteiger partial charge in [-0.05, 0) is 26.2 Å². The summed E-state index contributed by atoms with van der Waals surface area (Å²) in [5, 5.41) is 26.2. The smallest absolute Gasteiger partial charge is 0.321 e. The highest BCUT2D eigenvalue weighted by Crippen LogP contribution is 2.32. The fraction of sp³-hybridized carbons (Fsp3) is 0.235. The second kappa shape index (κ2) is 7.96. The molecule has 2 aromatic carbocycles. The van der Waals surface area contributed by atoms with Crippen molar-refractivity contribution in [3.8, 4) is 5.75 Å². The van der Waals surface area contributed by atoms with Crippen molar-refractivity contribution in [2.75, 3.05) is 6.26 Å². The average molecular weight is 375 g/mol. The molecule has 0 amide bonds. The van der Waals surface area contributed by atoms with Crippen molar-refractivity contribution in [1.29, 1.82) is 0 Å².